The molecule has 1 aromatic carbocycles. The third-order valence-corrected chi connectivity index (χ3v) is 3.50. The first-order valence-electron chi connectivity index (χ1n) is 6.26. The number of thioether (sulfide) groups is 1. The second kappa shape index (κ2) is 8.47. The molecule has 0 bridgehead atoms. The summed E-state index contributed by atoms with van der Waals surface area (Å²) < 4.78 is 5.53. The Balaban J connectivity index is 2.21. The standard InChI is InChI=1S/C14H19NO4S/c1-10-3-5-12(6-4-10)19-7-8-20-9-13(14(17)18)15-11(2)16/h3-6,13H,7-9H2,1-2H3,(H,15,16)(H,17,18). The molecule has 0 saturated carbocycles. The Hall–Kier alpha value is -1.69. The molecule has 0 aliphatic carbocycles. The fraction of sp³-hybridized carbons (Fsp3) is 0.429. The van der Waals surface area contributed by atoms with Crippen LogP contribution >= 0.6 is 11.8 Å². The molecule has 1 amide bonds. The maximum Gasteiger partial charge on any atom is 0.327 e. The predicted octanol–water partition coefficient (Wildman–Crippen LogP) is 1.70. The second-order valence-electron chi connectivity index (χ2n) is 4.33. The Bertz CT molecular complexity index is 447. The van der Waals surface area contributed by atoms with Crippen molar-refractivity contribution in [2.24, 2.45) is 0 Å². The van der Waals surface area contributed by atoms with E-state index >= 15 is 0 Å². The van der Waals surface area contributed by atoms with Crippen molar-refractivity contribution in [2.45, 2.75) is 19.9 Å². The zero-order valence-electron chi connectivity index (χ0n) is 11.6. The normalized spacial score (nSPS) is 11.7. The fourth-order valence-electron chi connectivity index (χ4n) is 1.47. The molecular formula is C14H19NO4S. The van der Waals surface area contributed by atoms with Gasteiger partial charge in [-0.2, -0.15) is 11.8 Å². The Morgan fingerprint density at radius 1 is 1.35 bits per heavy atom. The first kappa shape index (κ1) is 16.4. The molecule has 20 heavy (non-hydrogen) atoms. The molecule has 110 valence electrons. The van der Waals surface area contributed by atoms with Gasteiger partial charge in [0, 0.05) is 18.4 Å². The van der Waals surface area contributed by atoms with Crippen LogP contribution in [0.2, 0.25) is 0 Å². The topological polar surface area (TPSA) is 75.6 Å². The third-order valence-electron chi connectivity index (χ3n) is 2.48. The van der Waals surface area contributed by atoms with E-state index in [1.54, 1.807) is 0 Å². The number of carbonyl (C=O) groups is 2. The number of carboxylic acid groups (broad SMARTS) is 1. The minimum Gasteiger partial charge on any atom is -0.493 e. The van der Waals surface area contributed by atoms with E-state index in [4.69, 9.17) is 9.84 Å². The van der Waals surface area contributed by atoms with Crippen molar-refractivity contribution < 1.29 is 19.4 Å². The highest BCUT2D eigenvalue weighted by Crippen LogP contribution is 2.12. The van der Waals surface area contributed by atoms with E-state index in [1.807, 2.05) is 31.2 Å². The first-order chi connectivity index (χ1) is 9.49. The third kappa shape index (κ3) is 6.47. The van der Waals surface area contributed by atoms with E-state index in [9.17, 15) is 9.59 Å². The lowest BCUT2D eigenvalue weighted by molar-refractivity contribution is -0.140. The van der Waals surface area contributed by atoms with Crippen molar-refractivity contribution in [1.82, 2.24) is 5.32 Å². The highest BCUT2D eigenvalue weighted by molar-refractivity contribution is 7.99. The van der Waals surface area contributed by atoms with Gasteiger partial charge in [0.05, 0.1) is 6.61 Å². The molecule has 0 radical (unpaired) electrons. The number of carboxylic acids is 1. The molecule has 1 aromatic rings. The lowest BCUT2D eigenvalue weighted by Gasteiger charge is -2.12. The molecule has 2 N–H and O–H groups in total. The Kier molecular flexibility index (Phi) is 6.93. The summed E-state index contributed by atoms with van der Waals surface area (Å²) in [5.41, 5.74) is 1.17. The van der Waals surface area contributed by atoms with Crippen LogP contribution in [-0.4, -0.2) is 41.1 Å². The Labute approximate surface area is 122 Å². The number of ether oxygens (including phenoxy) is 1. The largest absolute Gasteiger partial charge is 0.493 e. The van der Waals surface area contributed by atoms with Crippen LogP contribution in [0.15, 0.2) is 24.3 Å². The molecular weight excluding hydrogens is 278 g/mol. The summed E-state index contributed by atoms with van der Waals surface area (Å²) in [6.45, 7) is 3.81. The molecule has 0 aliphatic heterocycles. The molecule has 6 heteroatoms. The number of aryl methyl sites for hydroxylation is 1. The zero-order chi connectivity index (χ0) is 15.0. The minimum absolute atomic E-state index is 0.326. The van der Waals surface area contributed by atoms with E-state index in [1.165, 1.54) is 24.2 Å². The van der Waals surface area contributed by atoms with E-state index in [-0.39, 0.29) is 5.91 Å². The monoisotopic (exact) mass is 297 g/mol. The van der Waals surface area contributed by atoms with Crippen LogP contribution in [-0.2, 0) is 9.59 Å². The number of nitrogens with one attached hydrogen (secondary N) is 1. The van der Waals surface area contributed by atoms with Crippen LogP contribution in [0.3, 0.4) is 0 Å². The summed E-state index contributed by atoms with van der Waals surface area (Å²) in [5.74, 6) is 0.428. The summed E-state index contributed by atoms with van der Waals surface area (Å²) in [7, 11) is 0. The van der Waals surface area contributed by atoms with E-state index in [2.05, 4.69) is 5.32 Å². The number of hydrogen-bond donors (Lipinski definition) is 2. The summed E-state index contributed by atoms with van der Waals surface area (Å²) in [6, 6.07) is 6.89. The van der Waals surface area contributed by atoms with Crippen molar-refractivity contribution >= 4 is 23.6 Å². The van der Waals surface area contributed by atoms with Gasteiger partial charge in [0.2, 0.25) is 5.91 Å². The number of hydrogen-bond acceptors (Lipinski definition) is 4. The van der Waals surface area contributed by atoms with E-state index < -0.39 is 12.0 Å². The van der Waals surface area contributed by atoms with Crippen LogP contribution in [0.5, 0.6) is 5.75 Å². The van der Waals surface area contributed by atoms with Crippen LogP contribution in [0.4, 0.5) is 0 Å². The van der Waals surface area contributed by atoms with Gasteiger partial charge in [0.1, 0.15) is 11.8 Å². The summed E-state index contributed by atoms with van der Waals surface area (Å²) in [4.78, 5) is 21.7. The number of rotatable bonds is 8. The molecule has 0 aromatic heterocycles. The summed E-state index contributed by atoms with van der Waals surface area (Å²) in [5, 5.41) is 11.3. The predicted molar refractivity (Wildman–Crippen MR) is 79.2 cm³/mol. The Morgan fingerprint density at radius 3 is 2.55 bits per heavy atom. The smallest absolute Gasteiger partial charge is 0.327 e. The van der Waals surface area contributed by atoms with E-state index in [0.717, 1.165) is 5.75 Å². The van der Waals surface area contributed by atoms with Gasteiger partial charge in [-0.15, -0.1) is 0 Å². The molecule has 5 nitrogen and oxygen atoms in total. The van der Waals surface area contributed by atoms with Crippen molar-refractivity contribution in [3.63, 3.8) is 0 Å². The Morgan fingerprint density at radius 2 is 2.00 bits per heavy atom. The second-order valence-corrected chi connectivity index (χ2v) is 5.48. The van der Waals surface area contributed by atoms with Crippen LogP contribution in [0.1, 0.15) is 12.5 Å². The van der Waals surface area contributed by atoms with Gasteiger partial charge in [-0.1, -0.05) is 17.7 Å². The number of carbonyl (C=O) groups excluding carboxylic acids is 1. The van der Waals surface area contributed by atoms with Gasteiger partial charge >= 0.3 is 5.97 Å². The van der Waals surface area contributed by atoms with Gasteiger partial charge in [-0.3, -0.25) is 4.79 Å². The van der Waals surface area contributed by atoms with Crippen molar-refractivity contribution in [1.29, 1.82) is 0 Å². The molecule has 1 unspecified atom stereocenters. The molecule has 1 atom stereocenters. The zero-order valence-corrected chi connectivity index (χ0v) is 12.4. The van der Waals surface area contributed by atoms with E-state index in [0.29, 0.717) is 18.1 Å². The van der Waals surface area contributed by atoms with Gasteiger partial charge in [-0.05, 0) is 19.1 Å². The average molecular weight is 297 g/mol. The minimum atomic E-state index is -1.02. The number of amides is 1. The van der Waals surface area contributed by atoms with Crippen LogP contribution in [0.25, 0.3) is 0 Å². The number of benzene rings is 1. The van der Waals surface area contributed by atoms with Gasteiger partial charge in [-0.25, -0.2) is 4.79 Å². The fourth-order valence-corrected chi connectivity index (χ4v) is 2.30. The first-order valence-corrected chi connectivity index (χ1v) is 7.41. The van der Waals surface area contributed by atoms with Crippen molar-refractivity contribution in [2.75, 3.05) is 18.1 Å². The van der Waals surface area contributed by atoms with Crippen molar-refractivity contribution in [3.8, 4) is 5.75 Å². The summed E-state index contributed by atoms with van der Waals surface area (Å²) >= 11 is 1.43. The van der Waals surface area contributed by atoms with Crippen molar-refractivity contribution in [3.05, 3.63) is 29.8 Å². The molecule has 0 aliphatic rings. The highest BCUT2D eigenvalue weighted by atomic mass is 32.2. The molecule has 0 heterocycles. The molecule has 1 rings (SSSR count). The molecule has 0 spiro atoms. The average Bonchev–Trinajstić information content (AvgIpc) is 2.38. The maximum atomic E-state index is 10.9. The SMILES string of the molecule is CC(=O)NC(CSCCOc1ccc(C)cc1)C(=O)O. The molecule has 0 fully saturated rings. The lowest BCUT2D eigenvalue weighted by Crippen LogP contribution is -2.41. The number of aliphatic carboxylic acids is 1. The quantitative estimate of drug-likeness (QED) is 0.714. The van der Waals surface area contributed by atoms with Crippen LogP contribution in [0, 0.1) is 6.92 Å². The lowest BCUT2D eigenvalue weighted by atomic mass is 10.2. The van der Waals surface area contributed by atoms with Crippen LogP contribution < -0.4 is 10.1 Å². The maximum absolute atomic E-state index is 10.9. The summed E-state index contributed by atoms with van der Waals surface area (Å²) in [6.07, 6.45) is 0. The van der Waals surface area contributed by atoms with Gasteiger partial charge < -0.3 is 15.2 Å². The van der Waals surface area contributed by atoms with Gasteiger partial charge in [0.15, 0.2) is 0 Å². The molecule has 0 saturated heterocycles. The highest BCUT2D eigenvalue weighted by Gasteiger charge is 2.17. The van der Waals surface area contributed by atoms with Gasteiger partial charge in [0.25, 0.3) is 0 Å².